The molecule has 0 aromatic carbocycles. The molecule has 90 valence electrons. The van der Waals surface area contributed by atoms with Crippen LogP contribution in [0.25, 0.3) is 0 Å². The lowest BCUT2D eigenvalue weighted by atomic mass is 10.1. The van der Waals surface area contributed by atoms with Gasteiger partial charge in [-0.05, 0) is 12.5 Å². The van der Waals surface area contributed by atoms with E-state index in [1.807, 2.05) is 0 Å². The minimum Gasteiger partial charge on any atom is -0.430 e. The fourth-order valence-electron chi connectivity index (χ4n) is 1.61. The summed E-state index contributed by atoms with van der Waals surface area (Å²) in [5, 5.41) is 5.43. The standard InChI is InChI=1S/C11H12N2O4/c14-9-3-2-8(5-12-9)13-11(16)7-1-4-10(15)17-6-7/h1,4,6,8H,2-3,5H2,(H,12,14)(H,13,16). The normalized spacial score (nSPS) is 19.5. The molecule has 1 aliphatic heterocycles. The van der Waals surface area contributed by atoms with Gasteiger partial charge in [-0.15, -0.1) is 0 Å². The van der Waals surface area contributed by atoms with Crippen LogP contribution in [0, 0.1) is 0 Å². The predicted octanol–water partition coefficient (Wildman–Crippen LogP) is -0.352. The summed E-state index contributed by atoms with van der Waals surface area (Å²) < 4.78 is 4.60. The Hall–Kier alpha value is -2.11. The summed E-state index contributed by atoms with van der Waals surface area (Å²) in [6, 6.07) is 2.52. The molecule has 0 saturated carbocycles. The summed E-state index contributed by atoms with van der Waals surface area (Å²) in [6.45, 7) is 0.432. The van der Waals surface area contributed by atoms with Gasteiger partial charge in [0.2, 0.25) is 5.91 Å². The molecule has 1 saturated heterocycles. The van der Waals surface area contributed by atoms with E-state index in [-0.39, 0.29) is 17.9 Å². The molecule has 2 amide bonds. The monoisotopic (exact) mass is 236 g/mol. The minimum absolute atomic E-state index is 0.00112. The predicted molar refractivity (Wildman–Crippen MR) is 58.5 cm³/mol. The van der Waals surface area contributed by atoms with Crippen LogP contribution in [0.3, 0.4) is 0 Å². The van der Waals surface area contributed by atoms with Gasteiger partial charge in [0.25, 0.3) is 5.91 Å². The molecule has 0 radical (unpaired) electrons. The van der Waals surface area contributed by atoms with Crippen LogP contribution in [0.4, 0.5) is 0 Å². The Morgan fingerprint density at radius 3 is 2.82 bits per heavy atom. The van der Waals surface area contributed by atoms with Crippen LogP contribution in [-0.4, -0.2) is 24.4 Å². The van der Waals surface area contributed by atoms with Crippen molar-refractivity contribution in [1.29, 1.82) is 0 Å². The van der Waals surface area contributed by atoms with E-state index in [4.69, 9.17) is 0 Å². The molecule has 6 heteroatoms. The van der Waals surface area contributed by atoms with Gasteiger partial charge in [0.15, 0.2) is 0 Å². The van der Waals surface area contributed by atoms with Gasteiger partial charge in [-0.2, -0.15) is 0 Å². The highest BCUT2D eigenvalue weighted by Crippen LogP contribution is 2.04. The van der Waals surface area contributed by atoms with Crippen molar-refractivity contribution in [2.75, 3.05) is 6.54 Å². The maximum Gasteiger partial charge on any atom is 0.335 e. The van der Waals surface area contributed by atoms with Crippen LogP contribution >= 0.6 is 0 Å². The third-order valence-electron chi connectivity index (χ3n) is 2.56. The van der Waals surface area contributed by atoms with E-state index in [0.29, 0.717) is 24.9 Å². The Morgan fingerprint density at radius 1 is 1.41 bits per heavy atom. The van der Waals surface area contributed by atoms with Crippen LogP contribution in [0.15, 0.2) is 27.6 Å². The fraction of sp³-hybridized carbons (Fsp3) is 0.364. The zero-order valence-electron chi connectivity index (χ0n) is 9.06. The Bertz CT molecular complexity index is 464. The van der Waals surface area contributed by atoms with Crippen LogP contribution in [-0.2, 0) is 4.79 Å². The fourth-order valence-corrected chi connectivity index (χ4v) is 1.61. The number of amides is 2. The van der Waals surface area contributed by atoms with Crippen LogP contribution < -0.4 is 16.3 Å². The van der Waals surface area contributed by atoms with Crippen molar-refractivity contribution in [2.45, 2.75) is 18.9 Å². The average Bonchev–Trinajstić information content (AvgIpc) is 2.33. The molecule has 1 aliphatic rings. The molecule has 1 aromatic heterocycles. The Morgan fingerprint density at radius 2 is 2.24 bits per heavy atom. The summed E-state index contributed by atoms with van der Waals surface area (Å²) in [5.74, 6) is -0.309. The van der Waals surface area contributed by atoms with Crippen molar-refractivity contribution in [1.82, 2.24) is 10.6 Å². The molecule has 6 nitrogen and oxygen atoms in total. The Balaban J connectivity index is 1.95. The maximum absolute atomic E-state index is 11.7. The molecular formula is C11H12N2O4. The van der Waals surface area contributed by atoms with Gasteiger partial charge in [-0.3, -0.25) is 9.59 Å². The van der Waals surface area contributed by atoms with Crippen molar-refractivity contribution in [3.05, 3.63) is 34.4 Å². The van der Waals surface area contributed by atoms with E-state index in [1.165, 1.54) is 12.1 Å². The summed E-state index contributed by atoms with van der Waals surface area (Å²) in [4.78, 5) is 33.4. The number of rotatable bonds is 2. The summed E-state index contributed by atoms with van der Waals surface area (Å²) >= 11 is 0. The van der Waals surface area contributed by atoms with Gasteiger partial charge < -0.3 is 15.1 Å². The van der Waals surface area contributed by atoms with Crippen molar-refractivity contribution < 1.29 is 14.0 Å². The Labute approximate surface area is 97.0 Å². The molecular weight excluding hydrogens is 224 g/mol. The van der Waals surface area contributed by atoms with E-state index in [2.05, 4.69) is 15.1 Å². The highest BCUT2D eigenvalue weighted by atomic mass is 16.4. The maximum atomic E-state index is 11.7. The van der Waals surface area contributed by atoms with E-state index in [9.17, 15) is 14.4 Å². The van der Waals surface area contributed by atoms with Crippen molar-refractivity contribution in [3.63, 3.8) is 0 Å². The molecule has 2 heterocycles. The number of carbonyl (C=O) groups is 2. The topological polar surface area (TPSA) is 88.4 Å². The van der Waals surface area contributed by atoms with E-state index in [0.717, 1.165) is 6.26 Å². The zero-order chi connectivity index (χ0) is 12.3. The van der Waals surface area contributed by atoms with Gasteiger partial charge in [-0.25, -0.2) is 4.79 Å². The highest BCUT2D eigenvalue weighted by Gasteiger charge is 2.20. The molecule has 0 spiro atoms. The lowest BCUT2D eigenvalue weighted by molar-refractivity contribution is -0.122. The third kappa shape index (κ3) is 2.93. The first kappa shape index (κ1) is 11.4. The van der Waals surface area contributed by atoms with Gasteiger partial charge in [0, 0.05) is 25.1 Å². The molecule has 2 rings (SSSR count). The van der Waals surface area contributed by atoms with Gasteiger partial charge in [0.1, 0.15) is 6.26 Å². The van der Waals surface area contributed by atoms with E-state index < -0.39 is 5.63 Å². The van der Waals surface area contributed by atoms with Gasteiger partial charge in [-0.1, -0.05) is 0 Å². The second kappa shape index (κ2) is 4.82. The average molecular weight is 236 g/mol. The van der Waals surface area contributed by atoms with Gasteiger partial charge >= 0.3 is 5.63 Å². The first-order valence-electron chi connectivity index (χ1n) is 5.31. The zero-order valence-corrected chi connectivity index (χ0v) is 9.06. The second-order valence-electron chi connectivity index (χ2n) is 3.86. The summed E-state index contributed by atoms with van der Waals surface area (Å²) in [5.41, 5.74) is -0.201. The number of hydrogen-bond donors (Lipinski definition) is 2. The molecule has 0 bridgehead atoms. The molecule has 0 aliphatic carbocycles. The van der Waals surface area contributed by atoms with Gasteiger partial charge in [0.05, 0.1) is 5.56 Å². The number of carbonyl (C=O) groups excluding carboxylic acids is 2. The molecule has 2 N–H and O–H groups in total. The lowest BCUT2D eigenvalue weighted by Crippen LogP contribution is -2.47. The number of piperidine rings is 1. The smallest absolute Gasteiger partial charge is 0.335 e. The van der Waals surface area contributed by atoms with Crippen LogP contribution in [0.2, 0.25) is 0 Å². The molecule has 1 aromatic rings. The summed E-state index contributed by atoms with van der Waals surface area (Å²) in [7, 11) is 0. The van der Waals surface area contributed by atoms with E-state index in [1.54, 1.807) is 0 Å². The lowest BCUT2D eigenvalue weighted by Gasteiger charge is -2.23. The van der Waals surface area contributed by atoms with E-state index >= 15 is 0 Å². The molecule has 1 fully saturated rings. The van der Waals surface area contributed by atoms with Crippen LogP contribution in [0.5, 0.6) is 0 Å². The molecule has 1 atom stereocenters. The first-order valence-corrected chi connectivity index (χ1v) is 5.31. The molecule has 17 heavy (non-hydrogen) atoms. The Kier molecular flexibility index (Phi) is 3.22. The number of nitrogens with one attached hydrogen (secondary N) is 2. The second-order valence-corrected chi connectivity index (χ2v) is 3.86. The first-order chi connectivity index (χ1) is 8.15. The third-order valence-corrected chi connectivity index (χ3v) is 2.56. The largest absolute Gasteiger partial charge is 0.430 e. The minimum atomic E-state index is -0.494. The van der Waals surface area contributed by atoms with Crippen molar-refractivity contribution >= 4 is 11.8 Å². The number of hydrogen-bond acceptors (Lipinski definition) is 4. The quantitative estimate of drug-likeness (QED) is 0.734. The summed E-state index contributed by atoms with van der Waals surface area (Å²) in [6.07, 6.45) is 2.16. The molecule has 1 unspecified atom stereocenters. The SMILES string of the molecule is O=C1CCC(NC(=O)c2ccc(=O)oc2)CN1. The van der Waals surface area contributed by atoms with Crippen molar-refractivity contribution in [2.24, 2.45) is 0 Å². The van der Waals surface area contributed by atoms with Crippen molar-refractivity contribution in [3.8, 4) is 0 Å². The van der Waals surface area contributed by atoms with Crippen LogP contribution in [0.1, 0.15) is 23.2 Å². The highest BCUT2D eigenvalue weighted by molar-refractivity contribution is 5.94.